The molecule has 1 N–H and O–H groups in total. The van der Waals surface area contributed by atoms with Gasteiger partial charge in [-0.1, -0.05) is 36.4 Å². The molecule has 2 fully saturated rings. The van der Waals surface area contributed by atoms with Gasteiger partial charge < -0.3 is 4.90 Å². The van der Waals surface area contributed by atoms with Gasteiger partial charge in [-0.05, 0) is 43.5 Å². The zero-order valence-corrected chi connectivity index (χ0v) is 18.3. The number of hydrogen-bond acceptors (Lipinski definition) is 4. The number of halogens is 3. The van der Waals surface area contributed by atoms with Gasteiger partial charge in [0.15, 0.2) is 0 Å². The maximum Gasteiger partial charge on any atom is 0.416 e. The van der Waals surface area contributed by atoms with Crippen LogP contribution in [0.25, 0.3) is 0 Å². The predicted molar refractivity (Wildman–Crippen MR) is 112 cm³/mol. The smallest absolute Gasteiger partial charge is 0.319 e. The van der Waals surface area contributed by atoms with Crippen LogP contribution < -0.4 is 5.32 Å². The lowest BCUT2D eigenvalue weighted by atomic mass is 9.96. The lowest BCUT2D eigenvalue weighted by Gasteiger charge is -2.44. The molecule has 0 aromatic heterocycles. The first-order valence-electron chi connectivity index (χ1n) is 10.3. The van der Waals surface area contributed by atoms with Crippen LogP contribution in [0.3, 0.4) is 0 Å². The van der Waals surface area contributed by atoms with Crippen LogP contribution >= 0.6 is 0 Å². The molecule has 0 bridgehead atoms. The van der Waals surface area contributed by atoms with Crippen LogP contribution in [-0.2, 0) is 27.5 Å². The summed E-state index contributed by atoms with van der Waals surface area (Å²) in [6.45, 7) is 2.37. The summed E-state index contributed by atoms with van der Waals surface area (Å²) in [4.78, 5) is 14.2. The topological polar surface area (TPSA) is 69.7 Å². The quantitative estimate of drug-likeness (QED) is 0.750. The highest BCUT2D eigenvalue weighted by atomic mass is 32.2. The first-order valence-corrected chi connectivity index (χ1v) is 11.8. The molecule has 32 heavy (non-hydrogen) atoms. The molecule has 10 heteroatoms. The van der Waals surface area contributed by atoms with Gasteiger partial charge in [-0.3, -0.25) is 10.1 Å². The SMILES string of the molecule is C[C@@H]1NC2(CCN(S(=O)(=O)c3cccc(C(F)(F)F)c3)CC2)N(Cc2ccccc2)C1=O. The highest BCUT2D eigenvalue weighted by molar-refractivity contribution is 7.89. The number of hydrogen-bond donors (Lipinski definition) is 1. The van der Waals surface area contributed by atoms with Gasteiger partial charge in [0.25, 0.3) is 0 Å². The molecule has 172 valence electrons. The van der Waals surface area contributed by atoms with E-state index in [4.69, 9.17) is 0 Å². The monoisotopic (exact) mass is 467 g/mol. The van der Waals surface area contributed by atoms with Gasteiger partial charge in [0.05, 0.1) is 22.2 Å². The van der Waals surface area contributed by atoms with Crippen LogP contribution in [0.2, 0.25) is 0 Å². The fraction of sp³-hybridized carbons (Fsp3) is 0.409. The summed E-state index contributed by atoms with van der Waals surface area (Å²) >= 11 is 0. The highest BCUT2D eigenvalue weighted by Gasteiger charge is 2.51. The Kier molecular flexibility index (Phi) is 5.81. The third kappa shape index (κ3) is 4.14. The molecule has 0 radical (unpaired) electrons. The Balaban J connectivity index is 1.54. The number of nitrogens with one attached hydrogen (secondary N) is 1. The van der Waals surface area contributed by atoms with Crippen molar-refractivity contribution in [3.63, 3.8) is 0 Å². The lowest BCUT2D eigenvalue weighted by Crippen LogP contribution is -2.59. The summed E-state index contributed by atoms with van der Waals surface area (Å²) in [7, 11) is -4.09. The van der Waals surface area contributed by atoms with E-state index in [0.29, 0.717) is 25.5 Å². The number of piperidine rings is 1. The minimum absolute atomic E-state index is 0.0527. The number of carbonyl (C=O) groups excluding carboxylic acids is 1. The number of rotatable bonds is 4. The van der Waals surface area contributed by atoms with E-state index in [1.165, 1.54) is 10.4 Å². The summed E-state index contributed by atoms with van der Waals surface area (Å²) in [5.74, 6) is -0.0527. The molecule has 2 aromatic carbocycles. The van der Waals surface area contributed by atoms with E-state index in [1.807, 2.05) is 30.3 Å². The first kappa shape index (κ1) is 22.8. The van der Waals surface area contributed by atoms with E-state index in [9.17, 15) is 26.4 Å². The highest BCUT2D eigenvalue weighted by Crippen LogP contribution is 2.36. The Bertz CT molecular complexity index is 1100. The number of carbonyl (C=O) groups is 1. The van der Waals surface area contributed by atoms with Crippen molar-refractivity contribution in [2.24, 2.45) is 0 Å². The maximum atomic E-state index is 13.0. The molecule has 1 atom stereocenters. The minimum Gasteiger partial charge on any atom is -0.319 e. The zero-order chi connectivity index (χ0) is 23.1. The average molecular weight is 468 g/mol. The molecular formula is C22H24F3N3O3S. The Morgan fingerprint density at radius 3 is 2.34 bits per heavy atom. The number of benzene rings is 2. The van der Waals surface area contributed by atoms with Gasteiger partial charge in [0.1, 0.15) is 0 Å². The average Bonchev–Trinajstić information content (AvgIpc) is 2.98. The summed E-state index contributed by atoms with van der Waals surface area (Å²) in [5.41, 5.74) is -0.722. The Morgan fingerprint density at radius 2 is 1.72 bits per heavy atom. The van der Waals surface area contributed by atoms with Crippen molar-refractivity contribution < 1.29 is 26.4 Å². The molecule has 0 aliphatic carbocycles. The molecule has 2 aliphatic heterocycles. The normalized spacial score (nSPS) is 21.9. The molecule has 0 unspecified atom stereocenters. The van der Waals surface area contributed by atoms with Crippen LogP contribution in [0.5, 0.6) is 0 Å². The van der Waals surface area contributed by atoms with E-state index in [-0.39, 0.29) is 23.9 Å². The predicted octanol–water partition coefficient (Wildman–Crippen LogP) is 3.21. The zero-order valence-electron chi connectivity index (χ0n) is 17.5. The number of amides is 1. The van der Waals surface area contributed by atoms with Crippen LogP contribution in [0.4, 0.5) is 13.2 Å². The Morgan fingerprint density at radius 1 is 1.06 bits per heavy atom. The Labute approximate surface area is 185 Å². The molecule has 1 spiro atoms. The van der Waals surface area contributed by atoms with Crippen LogP contribution in [0, 0.1) is 0 Å². The van der Waals surface area contributed by atoms with Gasteiger partial charge >= 0.3 is 6.18 Å². The van der Waals surface area contributed by atoms with E-state index in [1.54, 1.807) is 11.8 Å². The minimum atomic E-state index is -4.63. The Hall–Kier alpha value is -2.43. The third-order valence-corrected chi connectivity index (χ3v) is 8.07. The van der Waals surface area contributed by atoms with E-state index < -0.39 is 33.5 Å². The van der Waals surface area contributed by atoms with Gasteiger partial charge in [0.2, 0.25) is 15.9 Å². The molecule has 4 rings (SSSR count). The largest absolute Gasteiger partial charge is 0.416 e. The van der Waals surface area contributed by atoms with Crippen molar-refractivity contribution >= 4 is 15.9 Å². The molecule has 2 aromatic rings. The van der Waals surface area contributed by atoms with Gasteiger partial charge in [0, 0.05) is 19.6 Å². The number of nitrogens with zero attached hydrogens (tertiary/aromatic N) is 2. The van der Waals surface area contributed by atoms with Crippen LogP contribution in [0.15, 0.2) is 59.5 Å². The molecule has 1 amide bonds. The summed E-state index contributed by atoms with van der Waals surface area (Å²) in [6.07, 6.45) is -3.94. The number of alkyl halides is 3. The second-order valence-electron chi connectivity index (χ2n) is 8.24. The lowest BCUT2D eigenvalue weighted by molar-refractivity contribution is -0.137. The fourth-order valence-corrected chi connectivity index (χ4v) is 5.96. The molecule has 2 aliphatic rings. The van der Waals surface area contributed by atoms with Crippen molar-refractivity contribution in [3.05, 3.63) is 65.7 Å². The van der Waals surface area contributed by atoms with Crippen molar-refractivity contribution in [1.82, 2.24) is 14.5 Å². The number of sulfonamides is 1. The molecule has 2 saturated heterocycles. The van der Waals surface area contributed by atoms with Crippen molar-refractivity contribution in [3.8, 4) is 0 Å². The van der Waals surface area contributed by atoms with E-state index >= 15 is 0 Å². The molecular weight excluding hydrogens is 443 g/mol. The van der Waals surface area contributed by atoms with E-state index in [0.717, 1.165) is 17.7 Å². The summed E-state index contributed by atoms with van der Waals surface area (Å²) in [6, 6.07) is 12.9. The molecule has 0 saturated carbocycles. The van der Waals surface area contributed by atoms with Crippen molar-refractivity contribution in [1.29, 1.82) is 0 Å². The van der Waals surface area contributed by atoms with Gasteiger partial charge in [-0.2, -0.15) is 17.5 Å². The van der Waals surface area contributed by atoms with Crippen molar-refractivity contribution in [2.45, 2.75) is 49.1 Å². The molecule has 2 heterocycles. The van der Waals surface area contributed by atoms with Gasteiger partial charge in [-0.25, -0.2) is 8.42 Å². The third-order valence-electron chi connectivity index (χ3n) is 6.17. The standard InChI is InChI=1S/C22H24F3N3O3S/c1-16-20(29)28(15-17-6-3-2-4-7-17)21(26-16)10-12-27(13-11-21)32(30,31)19-9-5-8-18(14-19)22(23,24)25/h2-9,14,16,26H,10-13,15H2,1H3/t16-/m0/s1. The van der Waals surface area contributed by atoms with E-state index in [2.05, 4.69) is 5.32 Å². The van der Waals surface area contributed by atoms with Crippen molar-refractivity contribution in [2.75, 3.05) is 13.1 Å². The molecule has 6 nitrogen and oxygen atoms in total. The fourth-order valence-electron chi connectivity index (χ4n) is 4.48. The summed E-state index contributed by atoms with van der Waals surface area (Å²) < 4.78 is 66.4. The second kappa shape index (κ2) is 8.17. The second-order valence-corrected chi connectivity index (χ2v) is 10.2. The first-order chi connectivity index (χ1) is 15.0. The van der Waals surface area contributed by atoms with Crippen LogP contribution in [0.1, 0.15) is 30.9 Å². The van der Waals surface area contributed by atoms with Crippen LogP contribution in [-0.4, -0.2) is 48.3 Å². The van der Waals surface area contributed by atoms with Gasteiger partial charge in [-0.15, -0.1) is 0 Å². The summed E-state index contributed by atoms with van der Waals surface area (Å²) in [5, 5.41) is 3.34. The maximum absolute atomic E-state index is 13.0.